The fourth-order valence-electron chi connectivity index (χ4n) is 3.08. The van der Waals surface area contributed by atoms with Crippen molar-refractivity contribution in [3.8, 4) is 0 Å². The van der Waals surface area contributed by atoms with Crippen LogP contribution < -0.4 is 10.6 Å². The van der Waals surface area contributed by atoms with E-state index < -0.39 is 6.04 Å². The van der Waals surface area contributed by atoms with Crippen molar-refractivity contribution in [2.24, 2.45) is 7.05 Å². The summed E-state index contributed by atoms with van der Waals surface area (Å²) in [6.07, 6.45) is 3.39. The molecule has 28 heavy (non-hydrogen) atoms. The first-order chi connectivity index (χ1) is 13.5. The number of imidazole rings is 1. The molecule has 6 nitrogen and oxygen atoms in total. The van der Waals surface area contributed by atoms with Crippen molar-refractivity contribution >= 4 is 29.3 Å². The zero-order valence-electron chi connectivity index (χ0n) is 15.0. The minimum atomic E-state index is -0.622. The van der Waals surface area contributed by atoms with E-state index in [-0.39, 0.29) is 17.6 Å². The zero-order chi connectivity index (χ0) is 19.7. The molecule has 0 fully saturated rings. The first-order valence-electron chi connectivity index (χ1n) is 8.61. The SMILES string of the molecule is Cn1ccnc1C(NC(=O)c1ccc2c(c1)NC(=O)CS2)c1cccc(F)c1. The lowest BCUT2D eigenvalue weighted by Crippen LogP contribution is -2.31. The predicted molar refractivity (Wildman–Crippen MR) is 105 cm³/mol. The standard InChI is InChI=1S/C20H17FN4O2S/c1-25-8-7-22-19(25)18(12-3-2-4-14(21)9-12)24-20(27)13-5-6-16-15(10-13)23-17(26)11-28-16/h2-10,18H,11H2,1H3,(H,23,26)(H,24,27). The minimum Gasteiger partial charge on any atom is -0.338 e. The van der Waals surface area contributed by atoms with E-state index in [4.69, 9.17) is 0 Å². The third kappa shape index (κ3) is 3.63. The second kappa shape index (κ2) is 7.47. The number of aryl methyl sites for hydroxylation is 1. The Balaban J connectivity index is 1.65. The van der Waals surface area contributed by atoms with Crippen LogP contribution in [0.25, 0.3) is 0 Å². The minimum absolute atomic E-state index is 0.0966. The summed E-state index contributed by atoms with van der Waals surface area (Å²) in [6.45, 7) is 0. The molecule has 2 N–H and O–H groups in total. The van der Waals surface area contributed by atoms with Crippen LogP contribution in [-0.4, -0.2) is 27.1 Å². The van der Waals surface area contributed by atoms with E-state index in [0.717, 1.165) is 4.90 Å². The van der Waals surface area contributed by atoms with Crippen molar-refractivity contribution < 1.29 is 14.0 Å². The number of nitrogens with zero attached hydrogens (tertiary/aromatic N) is 2. The number of hydrogen-bond acceptors (Lipinski definition) is 4. The van der Waals surface area contributed by atoms with Crippen LogP contribution in [0, 0.1) is 5.82 Å². The number of halogens is 1. The van der Waals surface area contributed by atoms with Crippen LogP contribution in [-0.2, 0) is 11.8 Å². The average molecular weight is 396 g/mol. The summed E-state index contributed by atoms with van der Waals surface area (Å²) in [6, 6.07) is 10.6. The van der Waals surface area contributed by atoms with Gasteiger partial charge in [-0.15, -0.1) is 11.8 Å². The molecule has 2 aromatic carbocycles. The number of aromatic nitrogens is 2. The van der Waals surface area contributed by atoms with Gasteiger partial charge in [0.2, 0.25) is 5.91 Å². The van der Waals surface area contributed by atoms with Crippen molar-refractivity contribution in [3.63, 3.8) is 0 Å². The van der Waals surface area contributed by atoms with Crippen LogP contribution in [0.4, 0.5) is 10.1 Å². The maximum Gasteiger partial charge on any atom is 0.252 e. The molecule has 142 valence electrons. The topological polar surface area (TPSA) is 76.0 Å². The third-order valence-corrected chi connectivity index (χ3v) is 5.52. The molecular weight excluding hydrogens is 379 g/mol. The smallest absolute Gasteiger partial charge is 0.252 e. The Morgan fingerprint density at radius 2 is 2.18 bits per heavy atom. The normalized spacial score (nSPS) is 14.1. The molecule has 0 radical (unpaired) electrons. The van der Waals surface area contributed by atoms with Gasteiger partial charge in [0.05, 0.1) is 11.4 Å². The Kier molecular flexibility index (Phi) is 4.87. The van der Waals surface area contributed by atoms with Gasteiger partial charge in [-0.3, -0.25) is 9.59 Å². The van der Waals surface area contributed by atoms with Gasteiger partial charge >= 0.3 is 0 Å². The van der Waals surface area contributed by atoms with Gasteiger partial charge in [-0.25, -0.2) is 9.37 Å². The third-order valence-electron chi connectivity index (χ3n) is 4.45. The average Bonchev–Trinajstić information content (AvgIpc) is 3.11. The summed E-state index contributed by atoms with van der Waals surface area (Å²) in [7, 11) is 1.81. The molecule has 0 bridgehead atoms. The van der Waals surface area contributed by atoms with Gasteiger partial charge in [-0.1, -0.05) is 12.1 Å². The molecule has 0 saturated heterocycles. The van der Waals surface area contributed by atoms with Gasteiger partial charge in [0.15, 0.2) is 0 Å². The molecule has 8 heteroatoms. The molecule has 2 heterocycles. The quantitative estimate of drug-likeness (QED) is 0.711. The van der Waals surface area contributed by atoms with Crippen molar-refractivity contribution in [2.45, 2.75) is 10.9 Å². The first-order valence-corrected chi connectivity index (χ1v) is 9.60. The highest BCUT2D eigenvalue weighted by atomic mass is 32.2. The number of hydrogen-bond donors (Lipinski definition) is 2. The second-order valence-electron chi connectivity index (χ2n) is 6.41. The highest BCUT2D eigenvalue weighted by molar-refractivity contribution is 8.00. The number of benzene rings is 2. The lowest BCUT2D eigenvalue weighted by molar-refractivity contribution is -0.113. The maximum atomic E-state index is 13.8. The molecule has 1 aliphatic heterocycles. The Morgan fingerprint density at radius 3 is 2.93 bits per heavy atom. The molecule has 1 unspecified atom stereocenters. The zero-order valence-corrected chi connectivity index (χ0v) is 15.8. The number of thioether (sulfide) groups is 1. The van der Waals surface area contributed by atoms with Crippen LogP contribution in [0.3, 0.4) is 0 Å². The van der Waals surface area contributed by atoms with Gasteiger partial charge in [0, 0.05) is 29.9 Å². The molecular formula is C20H17FN4O2S. The van der Waals surface area contributed by atoms with E-state index in [1.54, 1.807) is 41.2 Å². The Morgan fingerprint density at radius 1 is 1.32 bits per heavy atom. The van der Waals surface area contributed by atoms with Crippen molar-refractivity contribution in [2.75, 3.05) is 11.1 Å². The van der Waals surface area contributed by atoms with E-state index in [0.29, 0.717) is 28.4 Å². The fourth-order valence-corrected chi connectivity index (χ4v) is 3.87. The van der Waals surface area contributed by atoms with Gasteiger partial charge in [0.25, 0.3) is 5.91 Å². The fraction of sp³-hybridized carbons (Fsp3) is 0.150. The highest BCUT2D eigenvalue weighted by Gasteiger charge is 2.23. The number of rotatable bonds is 4. The number of carbonyl (C=O) groups is 2. The molecule has 1 atom stereocenters. The molecule has 1 aliphatic rings. The first kappa shape index (κ1) is 18.2. The number of amides is 2. The highest BCUT2D eigenvalue weighted by Crippen LogP contribution is 2.32. The lowest BCUT2D eigenvalue weighted by atomic mass is 10.0. The monoisotopic (exact) mass is 396 g/mol. The summed E-state index contributed by atoms with van der Waals surface area (Å²) in [4.78, 5) is 29.8. The predicted octanol–water partition coefficient (Wildman–Crippen LogP) is 3.12. The van der Waals surface area contributed by atoms with Gasteiger partial charge in [0.1, 0.15) is 17.7 Å². The van der Waals surface area contributed by atoms with Gasteiger partial charge in [-0.05, 0) is 35.9 Å². The van der Waals surface area contributed by atoms with Crippen LogP contribution in [0.1, 0.15) is 27.8 Å². The molecule has 0 aliphatic carbocycles. The maximum absolute atomic E-state index is 13.8. The van der Waals surface area contributed by atoms with Crippen molar-refractivity contribution in [3.05, 3.63) is 77.6 Å². The van der Waals surface area contributed by atoms with Crippen LogP contribution in [0.5, 0.6) is 0 Å². The van der Waals surface area contributed by atoms with E-state index in [1.165, 1.54) is 23.9 Å². The number of anilines is 1. The van der Waals surface area contributed by atoms with E-state index >= 15 is 0 Å². The Labute approximate surface area is 165 Å². The molecule has 0 spiro atoms. The molecule has 3 aromatic rings. The van der Waals surface area contributed by atoms with Crippen molar-refractivity contribution in [1.29, 1.82) is 0 Å². The summed E-state index contributed by atoms with van der Waals surface area (Å²) in [5, 5.41) is 5.71. The Bertz CT molecular complexity index is 1070. The van der Waals surface area contributed by atoms with E-state index in [9.17, 15) is 14.0 Å². The summed E-state index contributed by atoms with van der Waals surface area (Å²) in [5.41, 5.74) is 1.61. The lowest BCUT2D eigenvalue weighted by Gasteiger charge is -2.21. The van der Waals surface area contributed by atoms with Gasteiger partial charge < -0.3 is 15.2 Å². The molecule has 2 amide bonds. The summed E-state index contributed by atoms with van der Waals surface area (Å²) < 4.78 is 15.6. The van der Waals surface area contributed by atoms with E-state index in [2.05, 4.69) is 15.6 Å². The number of fused-ring (bicyclic) bond motifs is 1. The number of carbonyl (C=O) groups excluding carboxylic acids is 2. The van der Waals surface area contributed by atoms with Crippen LogP contribution in [0.15, 0.2) is 59.8 Å². The number of nitrogens with one attached hydrogen (secondary N) is 2. The van der Waals surface area contributed by atoms with Crippen LogP contribution in [0.2, 0.25) is 0 Å². The Hall–Kier alpha value is -3.13. The molecule has 1 aromatic heterocycles. The van der Waals surface area contributed by atoms with Crippen molar-refractivity contribution in [1.82, 2.24) is 14.9 Å². The largest absolute Gasteiger partial charge is 0.338 e. The summed E-state index contributed by atoms with van der Waals surface area (Å²) >= 11 is 1.43. The van der Waals surface area contributed by atoms with E-state index in [1.807, 2.05) is 13.1 Å². The van der Waals surface area contributed by atoms with Crippen LogP contribution >= 0.6 is 11.8 Å². The molecule has 4 rings (SSSR count). The second-order valence-corrected chi connectivity index (χ2v) is 7.42. The molecule has 0 saturated carbocycles. The summed E-state index contributed by atoms with van der Waals surface area (Å²) in [5.74, 6) is 0.116. The van der Waals surface area contributed by atoms with Gasteiger partial charge in [-0.2, -0.15) is 0 Å².